The van der Waals surface area contributed by atoms with E-state index in [4.69, 9.17) is 0 Å². The van der Waals surface area contributed by atoms with Crippen molar-refractivity contribution >= 4 is 0 Å². The third-order valence-electron chi connectivity index (χ3n) is 2.97. The molecule has 3 N–H and O–H groups in total. The summed E-state index contributed by atoms with van der Waals surface area (Å²) in [5, 5.41) is 28.3. The van der Waals surface area contributed by atoms with Crippen LogP contribution in [0.5, 0.6) is 0 Å². The highest BCUT2D eigenvalue weighted by atomic mass is 16.4. The van der Waals surface area contributed by atoms with Crippen LogP contribution in [0.15, 0.2) is 0 Å². The molecular formula is C8H15NO3. The van der Waals surface area contributed by atoms with Crippen LogP contribution < -0.4 is 0 Å². The normalized spacial score (nSPS) is 49.2. The molecule has 0 spiro atoms. The van der Waals surface area contributed by atoms with Crippen LogP contribution in [0.3, 0.4) is 0 Å². The van der Waals surface area contributed by atoms with E-state index in [-0.39, 0.29) is 6.04 Å². The zero-order valence-corrected chi connectivity index (χ0v) is 6.93. The summed E-state index contributed by atoms with van der Waals surface area (Å²) in [6, 6.07) is 0.0726. The number of hydrogen-bond donors (Lipinski definition) is 3. The van der Waals surface area contributed by atoms with Gasteiger partial charge in [0.05, 0.1) is 12.2 Å². The first kappa shape index (κ1) is 8.44. The second-order valence-electron chi connectivity index (χ2n) is 3.75. The highest BCUT2D eigenvalue weighted by molar-refractivity contribution is 4.97. The average Bonchev–Trinajstić information content (AvgIpc) is 2.48. The summed E-state index contributed by atoms with van der Waals surface area (Å²) in [4.78, 5) is 2.06. The number of hydrogen-bond acceptors (Lipinski definition) is 4. The average molecular weight is 173 g/mol. The van der Waals surface area contributed by atoms with Crippen LogP contribution in [-0.2, 0) is 0 Å². The molecule has 0 aromatic heterocycles. The first-order valence-electron chi connectivity index (χ1n) is 4.48. The Morgan fingerprint density at radius 2 is 1.83 bits per heavy atom. The van der Waals surface area contributed by atoms with Gasteiger partial charge < -0.3 is 15.3 Å². The van der Waals surface area contributed by atoms with E-state index in [2.05, 4.69) is 4.90 Å². The third kappa shape index (κ3) is 1.15. The molecule has 2 rings (SSSR count). The van der Waals surface area contributed by atoms with Crippen LogP contribution in [-0.4, -0.2) is 57.7 Å². The van der Waals surface area contributed by atoms with Crippen LogP contribution in [0.4, 0.5) is 0 Å². The monoisotopic (exact) mass is 173 g/mol. The van der Waals surface area contributed by atoms with E-state index in [0.717, 1.165) is 19.4 Å². The minimum atomic E-state index is -0.954. The van der Waals surface area contributed by atoms with Gasteiger partial charge in [-0.15, -0.1) is 0 Å². The summed E-state index contributed by atoms with van der Waals surface area (Å²) < 4.78 is 0. The van der Waals surface area contributed by atoms with Gasteiger partial charge in [-0.25, -0.2) is 0 Å². The Hall–Kier alpha value is -0.160. The summed E-state index contributed by atoms with van der Waals surface area (Å²) in [6.45, 7) is 1.44. The van der Waals surface area contributed by atoms with E-state index in [1.807, 2.05) is 0 Å². The highest BCUT2D eigenvalue weighted by Crippen LogP contribution is 2.27. The lowest BCUT2D eigenvalue weighted by atomic mass is 9.94. The Balaban J connectivity index is 2.10. The lowest BCUT2D eigenvalue weighted by molar-refractivity contribution is -0.127. The van der Waals surface area contributed by atoms with E-state index in [0.29, 0.717) is 6.54 Å². The molecule has 0 unspecified atom stereocenters. The van der Waals surface area contributed by atoms with E-state index in [1.54, 1.807) is 0 Å². The van der Waals surface area contributed by atoms with E-state index >= 15 is 0 Å². The Bertz CT molecular complexity index is 176. The fourth-order valence-corrected chi connectivity index (χ4v) is 2.27. The predicted octanol–water partition coefficient (Wildman–Crippen LogP) is -1.45. The van der Waals surface area contributed by atoms with Crippen LogP contribution in [0.25, 0.3) is 0 Å². The van der Waals surface area contributed by atoms with Crippen LogP contribution >= 0.6 is 0 Å². The molecule has 4 nitrogen and oxygen atoms in total. The molecule has 0 aliphatic carbocycles. The predicted molar refractivity (Wildman–Crippen MR) is 42.6 cm³/mol. The van der Waals surface area contributed by atoms with Crippen molar-refractivity contribution in [1.82, 2.24) is 4.90 Å². The van der Waals surface area contributed by atoms with Gasteiger partial charge in [-0.1, -0.05) is 0 Å². The molecule has 2 saturated heterocycles. The van der Waals surface area contributed by atoms with Crippen molar-refractivity contribution in [3.05, 3.63) is 0 Å². The zero-order chi connectivity index (χ0) is 8.72. The number of fused-ring (bicyclic) bond motifs is 1. The smallest absolute Gasteiger partial charge is 0.108 e. The van der Waals surface area contributed by atoms with Gasteiger partial charge in [-0.3, -0.25) is 4.90 Å². The lowest BCUT2D eigenvalue weighted by Crippen LogP contribution is -2.58. The van der Waals surface area contributed by atoms with E-state index in [1.165, 1.54) is 0 Å². The fraction of sp³-hybridized carbons (Fsp3) is 1.00. The minimum Gasteiger partial charge on any atom is -0.389 e. The van der Waals surface area contributed by atoms with Crippen molar-refractivity contribution in [2.45, 2.75) is 37.2 Å². The molecule has 2 aliphatic heterocycles. The van der Waals surface area contributed by atoms with Crippen molar-refractivity contribution in [2.24, 2.45) is 0 Å². The molecule has 4 atom stereocenters. The molecule has 2 fully saturated rings. The van der Waals surface area contributed by atoms with Crippen LogP contribution in [0.1, 0.15) is 12.8 Å². The number of aliphatic hydroxyl groups is 3. The molecule has 0 bridgehead atoms. The van der Waals surface area contributed by atoms with Crippen LogP contribution in [0.2, 0.25) is 0 Å². The fourth-order valence-electron chi connectivity index (χ4n) is 2.27. The van der Waals surface area contributed by atoms with Gasteiger partial charge in [0.2, 0.25) is 0 Å². The minimum absolute atomic E-state index is 0.0726. The van der Waals surface area contributed by atoms with Crippen molar-refractivity contribution in [3.8, 4) is 0 Å². The standard InChI is InChI=1S/C8H15NO3/c10-6-4-9-3-1-2-5(9)7(11)8(6)12/h5-8,10-12H,1-4H2/t5-,6+,7-,8+/m0/s1. The molecular weight excluding hydrogens is 158 g/mol. The molecule has 12 heavy (non-hydrogen) atoms. The van der Waals surface area contributed by atoms with Crippen LogP contribution in [0, 0.1) is 0 Å². The summed E-state index contributed by atoms with van der Waals surface area (Å²) >= 11 is 0. The second-order valence-corrected chi connectivity index (χ2v) is 3.75. The Labute approximate surface area is 71.4 Å². The molecule has 0 aromatic rings. The second kappa shape index (κ2) is 2.96. The number of piperidine rings is 1. The van der Waals surface area contributed by atoms with Gasteiger partial charge in [0, 0.05) is 12.6 Å². The van der Waals surface area contributed by atoms with Gasteiger partial charge in [0.25, 0.3) is 0 Å². The molecule has 4 heteroatoms. The van der Waals surface area contributed by atoms with Gasteiger partial charge in [-0.2, -0.15) is 0 Å². The van der Waals surface area contributed by atoms with Crippen molar-refractivity contribution in [1.29, 1.82) is 0 Å². The molecule has 70 valence electrons. The zero-order valence-electron chi connectivity index (χ0n) is 6.93. The summed E-state index contributed by atoms with van der Waals surface area (Å²) in [5.74, 6) is 0. The first-order valence-corrected chi connectivity index (χ1v) is 4.48. The number of rotatable bonds is 0. The Morgan fingerprint density at radius 3 is 2.58 bits per heavy atom. The Morgan fingerprint density at radius 1 is 1.08 bits per heavy atom. The maximum absolute atomic E-state index is 9.57. The van der Waals surface area contributed by atoms with Gasteiger partial charge in [0.1, 0.15) is 6.10 Å². The molecule has 2 aliphatic rings. The van der Waals surface area contributed by atoms with Crippen molar-refractivity contribution < 1.29 is 15.3 Å². The largest absolute Gasteiger partial charge is 0.389 e. The first-order chi connectivity index (χ1) is 5.70. The van der Waals surface area contributed by atoms with Gasteiger partial charge >= 0.3 is 0 Å². The maximum atomic E-state index is 9.57. The highest BCUT2D eigenvalue weighted by Gasteiger charge is 2.42. The van der Waals surface area contributed by atoms with Gasteiger partial charge in [0.15, 0.2) is 0 Å². The van der Waals surface area contributed by atoms with Gasteiger partial charge in [-0.05, 0) is 19.4 Å². The number of aliphatic hydroxyl groups excluding tert-OH is 3. The molecule has 0 aromatic carbocycles. The molecule has 0 radical (unpaired) electrons. The Kier molecular flexibility index (Phi) is 2.08. The topological polar surface area (TPSA) is 63.9 Å². The SMILES string of the molecule is O[C@@H]1[C@H](O)[C@H](O)CN2CCC[C@@H]12. The maximum Gasteiger partial charge on any atom is 0.108 e. The third-order valence-corrected chi connectivity index (χ3v) is 2.97. The molecule has 0 saturated carbocycles. The number of nitrogens with zero attached hydrogens (tertiary/aromatic N) is 1. The quantitative estimate of drug-likeness (QED) is 0.419. The summed E-state index contributed by atoms with van der Waals surface area (Å²) in [5.41, 5.74) is 0. The van der Waals surface area contributed by atoms with E-state index < -0.39 is 18.3 Å². The van der Waals surface area contributed by atoms with E-state index in [9.17, 15) is 15.3 Å². The summed E-state index contributed by atoms with van der Waals surface area (Å²) in [6.07, 6.45) is -0.513. The molecule has 0 amide bonds. The van der Waals surface area contributed by atoms with Crippen molar-refractivity contribution in [2.75, 3.05) is 13.1 Å². The summed E-state index contributed by atoms with van der Waals surface area (Å²) in [7, 11) is 0. The molecule has 2 heterocycles. The lowest BCUT2D eigenvalue weighted by Gasteiger charge is -2.39. The van der Waals surface area contributed by atoms with Crippen molar-refractivity contribution in [3.63, 3.8) is 0 Å².